The van der Waals surface area contributed by atoms with Gasteiger partial charge in [-0.3, -0.25) is 0 Å². The average molecular weight is 353 g/mol. The van der Waals surface area contributed by atoms with Crippen molar-refractivity contribution >= 4 is 26.0 Å². The highest BCUT2D eigenvalue weighted by molar-refractivity contribution is 9.10. The van der Waals surface area contributed by atoms with Gasteiger partial charge in [-0.15, -0.1) is 0 Å². The molecule has 0 aliphatic carbocycles. The highest BCUT2D eigenvalue weighted by Crippen LogP contribution is 2.26. The summed E-state index contributed by atoms with van der Waals surface area (Å²) < 4.78 is 32.4. The predicted molar refractivity (Wildman–Crippen MR) is 78.2 cm³/mol. The van der Waals surface area contributed by atoms with Crippen molar-refractivity contribution in [1.29, 1.82) is 0 Å². The third kappa shape index (κ3) is 4.91. The lowest BCUT2D eigenvalue weighted by molar-refractivity contribution is 0.482. The normalized spacial score (nSPS) is 13.7. The van der Waals surface area contributed by atoms with Crippen LogP contribution in [0.5, 0.6) is 0 Å². The fourth-order valence-electron chi connectivity index (χ4n) is 1.77. The van der Waals surface area contributed by atoms with E-state index in [0.717, 1.165) is 25.7 Å². The van der Waals surface area contributed by atoms with E-state index in [-0.39, 0.29) is 22.2 Å². The molecule has 0 fully saturated rings. The summed E-state index contributed by atoms with van der Waals surface area (Å²) >= 11 is 3.11. The number of furan rings is 1. The van der Waals surface area contributed by atoms with Crippen LogP contribution in [-0.2, 0) is 16.6 Å². The maximum Gasteiger partial charge on any atom is 0.245 e. The molecule has 0 aromatic carbocycles. The quantitative estimate of drug-likeness (QED) is 0.704. The maximum atomic E-state index is 12.2. The molecule has 1 unspecified atom stereocenters. The largest absolute Gasteiger partial charge is 0.452 e. The molecule has 7 heteroatoms. The summed E-state index contributed by atoms with van der Waals surface area (Å²) in [6, 6.07) is 1.35. The molecule has 1 aromatic heterocycles. The van der Waals surface area contributed by atoms with Crippen molar-refractivity contribution < 1.29 is 12.8 Å². The summed E-state index contributed by atoms with van der Waals surface area (Å²) in [5, 5.41) is 0. The van der Waals surface area contributed by atoms with Gasteiger partial charge >= 0.3 is 0 Å². The lowest BCUT2D eigenvalue weighted by Gasteiger charge is -2.13. The Kier molecular flexibility index (Phi) is 6.52. The lowest BCUT2D eigenvalue weighted by atomic mass is 10.1. The molecule has 0 amide bonds. The summed E-state index contributed by atoms with van der Waals surface area (Å²) in [7, 11) is -3.56. The van der Waals surface area contributed by atoms with Crippen LogP contribution in [0.1, 0.15) is 45.3 Å². The zero-order valence-corrected chi connectivity index (χ0v) is 13.7. The second-order valence-electron chi connectivity index (χ2n) is 4.57. The van der Waals surface area contributed by atoms with Crippen LogP contribution in [-0.4, -0.2) is 14.5 Å². The molecule has 0 radical (unpaired) electrons. The summed E-state index contributed by atoms with van der Waals surface area (Å²) in [5.41, 5.74) is 5.43. The molecular formula is C12H21BrN2O3S. The molecule has 1 atom stereocenters. The van der Waals surface area contributed by atoms with E-state index in [2.05, 4.69) is 27.6 Å². The van der Waals surface area contributed by atoms with Gasteiger partial charge < -0.3 is 10.2 Å². The van der Waals surface area contributed by atoms with Crippen LogP contribution >= 0.6 is 15.9 Å². The van der Waals surface area contributed by atoms with Gasteiger partial charge in [-0.25, -0.2) is 13.1 Å². The van der Waals surface area contributed by atoms with Gasteiger partial charge in [-0.05, 0) is 29.3 Å². The Hall–Kier alpha value is -0.370. The van der Waals surface area contributed by atoms with Gasteiger partial charge in [-0.2, -0.15) is 0 Å². The highest BCUT2D eigenvalue weighted by atomic mass is 79.9. The zero-order valence-electron chi connectivity index (χ0n) is 11.3. The predicted octanol–water partition coefficient (Wildman–Crippen LogP) is 2.75. The number of sulfonamides is 1. The third-order valence-electron chi connectivity index (χ3n) is 2.79. The SMILES string of the molecule is CCCCCC(C)NS(=O)(=O)c1cc(CN)oc1Br. The molecule has 1 heterocycles. The Morgan fingerprint density at radius 2 is 2.16 bits per heavy atom. The molecular weight excluding hydrogens is 332 g/mol. The Labute approximate surface area is 123 Å². The Bertz CT molecular complexity index is 499. The first kappa shape index (κ1) is 16.7. The molecule has 19 heavy (non-hydrogen) atoms. The van der Waals surface area contributed by atoms with Gasteiger partial charge in [0.1, 0.15) is 10.7 Å². The molecule has 0 aliphatic rings. The minimum absolute atomic E-state index is 0.0975. The van der Waals surface area contributed by atoms with Crippen molar-refractivity contribution in [3.05, 3.63) is 16.5 Å². The van der Waals surface area contributed by atoms with Gasteiger partial charge in [0.15, 0.2) is 4.67 Å². The van der Waals surface area contributed by atoms with E-state index in [0.29, 0.717) is 5.76 Å². The van der Waals surface area contributed by atoms with Crippen LogP contribution in [0.4, 0.5) is 0 Å². The smallest absolute Gasteiger partial charge is 0.245 e. The fourth-order valence-corrected chi connectivity index (χ4v) is 4.05. The second-order valence-corrected chi connectivity index (χ2v) is 6.98. The van der Waals surface area contributed by atoms with E-state index < -0.39 is 10.0 Å². The molecule has 1 aromatic rings. The van der Waals surface area contributed by atoms with Crippen molar-refractivity contribution in [2.75, 3.05) is 0 Å². The first-order valence-electron chi connectivity index (χ1n) is 6.41. The molecule has 3 N–H and O–H groups in total. The van der Waals surface area contributed by atoms with Crippen molar-refractivity contribution in [2.24, 2.45) is 5.73 Å². The molecule has 5 nitrogen and oxygen atoms in total. The number of halogens is 1. The van der Waals surface area contributed by atoms with Gasteiger partial charge in [-0.1, -0.05) is 26.2 Å². The fraction of sp³-hybridized carbons (Fsp3) is 0.667. The zero-order chi connectivity index (χ0) is 14.5. The molecule has 0 aliphatic heterocycles. The summed E-state index contributed by atoms with van der Waals surface area (Å²) in [6.45, 7) is 4.15. The van der Waals surface area contributed by atoms with Crippen molar-refractivity contribution in [2.45, 2.75) is 57.0 Å². The first-order chi connectivity index (χ1) is 8.90. The molecule has 110 valence electrons. The van der Waals surface area contributed by atoms with Crippen LogP contribution in [0, 0.1) is 0 Å². The summed E-state index contributed by atoms with van der Waals surface area (Å²) in [5.74, 6) is 0.436. The Morgan fingerprint density at radius 3 is 2.68 bits per heavy atom. The minimum Gasteiger partial charge on any atom is -0.452 e. The Balaban J connectivity index is 2.72. The molecule has 0 saturated carbocycles. The van der Waals surface area contributed by atoms with Crippen LogP contribution in [0.2, 0.25) is 0 Å². The lowest BCUT2D eigenvalue weighted by Crippen LogP contribution is -2.32. The third-order valence-corrected chi connectivity index (χ3v) is 5.24. The van der Waals surface area contributed by atoms with E-state index in [1.54, 1.807) is 0 Å². The standard InChI is InChI=1S/C12H21BrN2O3S/c1-3-4-5-6-9(2)15-19(16,17)11-7-10(8-14)18-12(11)13/h7,9,15H,3-6,8,14H2,1-2H3. The van der Waals surface area contributed by atoms with Crippen molar-refractivity contribution in [3.8, 4) is 0 Å². The minimum atomic E-state index is -3.56. The number of rotatable bonds is 8. The van der Waals surface area contributed by atoms with Crippen LogP contribution in [0.15, 0.2) is 20.0 Å². The maximum absolute atomic E-state index is 12.2. The van der Waals surface area contributed by atoms with Crippen LogP contribution in [0.25, 0.3) is 0 Å². The van der Waals surface area contributed by atoms with Gasteiger partial charge in [0.05, 0.1) is 6.54 Å². The van der Waals surface area contributed by atoms with Gasteiger partial charge in [0, 0.05) is 12.1 Å². The van der Waals surface area contributed by atoms with E-state index in [4.69, 9.17) is 10.2 Å². The van der Waals surface area contributed by atoms with E-state index in [1.807, 2.05) is 6.92 Å². The number of hydrogen-bond acceptors (Lipinski definition) is 4. The first-order valence-corrected chi connectivity index (χ1v) is 8.69. The molecule has 1 rings (SSSR count). The van der Waals surface area contributed by atoms with Gasteiger partial charge in [0.2, 0.25) is 10.0 Å². The number of nitrogens with two attached hydrogens (primary N) is 1. The highest BCUT2D eigenvalue weighted by Gasteiger charge is 2.23. The topological polar surface area (TPSA) is 85.3 Å². The molecule has 0 bridgehead atoms. The van der Waals surface area contributed by atoms with E-state index in [9.17, 15) is 8.42 Å². The number of hydrogen-bond donors (Lipinski definition) is 2. The second kappa shape index (κ2) is 7.42. The molecule has 0 saturated heterocycles. The number of nitrogens with one attached hydrogen (secondary N) is 1. The Morgan fingerprint density at radius 1 is 1.47 bits per heavy atom. The van der Waals surface area contributed by atoms with Crippen molar-refractivity contribution in [1.82, 2.24) is 4.72 Å². The average Bonchev–Trinajstić information content (AvgIpc) is 2.71. The van der Waals surface area contributed by atoms with Crippen LogP contribution < -0.4 is 10.5 Å². The monoisotopic (exact) mass is 352 g/mol. The molecule has 0 spiro atoms. The van der Waals surface area contributed by atoms with E-state index >= 15 is 0 Å². The number of unbranched alkanes of at least 4 members (excludes halogenated alkanes) is 2. The summed E-state index contributed by atoms with van der Waals surface area (Å²) in [6.07, 6.45) is 4.07. The van der Waals surface area contributed by atoms with Crippen molar-refractivity contribution in [3.63, 3.8) is 0 Å². The van der Waals surface area contributed by atoms with Crippen LogP contribution in [0.3, 0.4) is 0 Å². The van der Waals surface area contributed by atoms with E-state index in [1.165, 1.54) is 6.07 Å². The van der Waals surface area contributed by atoms with Gasteiger partial charge in [0.25, 0.3) is 0 Å². The summed E-state index contributed by atoms with van der Waals surface area (Å²) in [4.78, 5) is 0.107.